The minimum atomic E-state index is -0.853. The largest absolute Gasteiger partial charge is 0.493 e. The summed E-state index contributed by atoms with van der Waals surface area (Å²) in [6, 6.07) is 13.3. The number of H-pyrrole nitrogens is 1. The van der Waals surface area contributed by atoms with Crippen molar-refractivity contribution in [3.05, 3.63) is 66.2 Å². The third-order valence-electron chi connectivity index (χ3n) is 5.36. The van der Waals surface area contributed by atoms with E-state index in [0.29, 0.717) is 31.3 Å². The average Bonchev–Trinajstić information content (AvgIpc) is 3.45. The van der Waals surface area contributed by atoms with Crippen LogP contribution in [0, 0.1) is 0 Å². The number of hydrogen-bond acceptors (Lipinski definition) is 5. The van der Waals surface area contributed by atoms with E-state index in [1.807, 2.05) is 49.4 Å². The van der Waals surface area contributed by atoms with Gasteiger partial charge in [0.25, 0.3) is 0 Å². The molecule has 2 N–H and O–H groups in total. The molecule has 1 atom stereocenters. The Morgan fingerprint density at radius 1 is 1.12 bits per heavy atom. The van der Waals surface area contributed by atoms with Crippen LogP contribution in [0.15, 0.2) is 59.3 Å². The van der Waals surface area contributed by atoms with E-state index >= 15 is 0 Å². The second-order valence-corrected chi connectivity index (χ2v) is 7.58. The van der Waals surface area contributed by atoms with E-state index in [1.54, 1.807) is 19.4 Å². The van der Waals surface area contributed by atoms with Crippen LogP contribution in [0.3, 0.4) is 0 Å². The maximum Gasteiger partial charge on any atom is 0.310 e. The smallest absolute Gasteiger partial charge is 0.310 e. The van der Waals surface area contributed by atoms with Gasteiger partial charge >= 0.3 is 5.97 Å². The van der Waals surface area contributed by atoms with Crippen LogP contribution in [0.25, 0.3) is 22.4 Å². The molecule has 0 aliphatic heterocycles. The van der Waals surface area contributed by atoms with Gasteiger partial charge in [-0.05, 0) is 61.4 Å². The van der Waals surface area contributed by atoms with Gasteiger partial charge < -0.3 is 24.0 Å². The number of fused-ring (bicyclic) bond motifs is 1. The number of hydrogen-bond donors (Lipinski definition) is 2. The summed E-state index contributed by atoms with van der Waals surface area (Å²) in [5, 5.41) is 10.2. The molecule has 4 rings (SSSR count). The zero-order chi connectivity index (χ0) is 22.5. The number of nitrogens with zero attached hydrogens (tertiary/aromatic N) is 1. The molecule has 4 aromatic rings. The first-order valence-electron chi connectivity index (χ1n) is 10.7. The first-order valence-corrected chi connectivity index (χ1v) is 10.7. The Morgan fingerprint density at radius 3 is 2.53 bits per heavy atom. The van der Waals surface area contributed by atoms with E-state index in [1.165, 1.54) is 0 Å². The van der Waals surface area contributed by atoms with Crippen LogP contribution in [0.2, 0.25) is 0 Å². The fourth-order valence-corrected chi connectivity index (χ4v) is 3.44. The number of rotatable bonds is 10. The van der Waals surface area contributed by atoms with E-state index in [2.05, 4.69) is 9.97 Å². The summed E-state index contributed by atoms with van der Waals surface area (Å²) in [5.41, 5.74) is 3.49. The molecule has 1 unspecified atom stereocenters. The maximum absolute atomic E-state index is 11.3. The van der Waals surface area contributed by atoms with E-state index in [0.717, 1.165) is 39.9 Å². The molecular weight excluding hydrogens is 408 g/mol. The highest BCUT2D eigenvalue weighted by atomic mass is 16.5. The predicted octanol–water partition coefficient (Wildman–Crippen LogP) is 5.42. The fraction of sp³-hybridized carbons (Fsp3) is 0.280. The minimum Gasteiger partial charge on any atom is -0.493 e. The second-order valence-electron chi connectivity index (χ2n) is 7.58. The van der Waals surface area contributed by atoms with Gasteiger partial charge in [-0.1, -0.05) is 6.92 Å². The number of carboxylic acid groups (broad SMARTS) is 1. The van der Waals surface area contributed by atoms with E-state index < -0.39 is 11.9 Å². The average molecular weight is 434 g/mol. The summed E-state index contributed by atoms with van der Waals surface area (Å²) in [4.78, 5) is 18.9. The van der Waals surface area contributed by atoms with E-state index in [-0.39, 0.29) is 0 Å². The Labute approximate surface area is 186 Å². The van der Waals surface area contributed by atoms with Crippen molar-refractivity contribution in [2.75, 3.05) is 13.2 Å². The maximum atomic E-state index is 11.3. The van der Waals surface area contributed by atoms with Crippen molar-refractivity contribution in [3.63, 3.8) is 0 Å². The van der Waals surface area contributed by atoms with Crippen LogP contribution in [0.4, 0.5) is 0 Å². The molecule has 2 heterocycles. The van der Waals surface area contributed by atoms with Gasteiger partial charge in [-0.25, -0.2) is 4.98 Å². The van der Waals surface area contributed by atoms with E-state index in [9.17, 15) is 9.90 Å². The zero-order valence-corrected chi connectivity index (χ0v) is 18.1. The Kier molecular flexibility index (Phi) is 6.44. The first-order chi connectivity index (χ1) is 15.5. The first kappa shape index (κ1) is 21.5. The van der Waals surface area contributed by atoms with Gasteiger partial charge in [0.05, 0.1) is 24.8 Å². The van der Waals surface area contributed by atoms with E-state index in [4.69, 9.17) is 13.9 Å². The lowest BCUT2D eigenvalue weighted by Crippen LogP contribution is -2.07. The molecule has 7 heteroatoms. The number of aryl methyl sites for hydroxylation is 1. The molecule has 0 aliphatic rings. The lowest BCUT2D eigenvalue weighted by atomic mass is 10.0. The van der Waals surface area contributed by atoms with Gasteiger partial charge in [-0.3, -0.25) is 4.79 Å². The van der Waals surface area contributed by atoms with Crippen molar-refractivity contribution in [2.24, 2.45) is 0 Å². The Hall–Kier alpha value is -3.74. The number of nitrogens with one attached hydrogen (secondary N) is 1. The molecule has 0 spiro atoms. The molecule has 0 fully saturated rings. The molecule has 0 amide bonds. The monoisotopic (exact) mass is 434 g/mol. The third kappa shape index (κ3) is 4.77. The third-order valence-corrected chi connectivity index (χ3v) is 5.36. The van der Waals surface area contributed by atoms with Gasteiger partial charge in [-0.2, -0.15) is 0 Å². The molecule has 32 heavy (non-hydrogen) atoms. The van der Waals surface area contributed by atoms with Crippen molar-refractivity contribution in [2.45, 2.75) is 32.6 Å². The highest BCUT2D eigenvalue weighted by Crippen LogP contribution is 2.29. The van der Waals surface area contributed by atoms with Crippen LogP contribution in [-0.4, -0.2) is 34.3 Å². The summed E-state index contributed by atoms with van der Waals surface area (Å²) in [6.45, 7) is 4.73. The zero-order valence-electron chi connectivity index (χ0n) is 18.1. The predicted molar refractivity (Wildman–Crippen MR) is 121 cm³/mol. The van der Waals surface area contributed by atoms with Gasteiger partial charge in [0.15, 0.2) is 0 Å². The number of aromatic nitrogens is 2. The van der Waals surface area contributed by atoms with Crippen LogP contribution in [0.1, 0.15) is 37.4 Å². The quantitative estimate of drug-likeness (QED) is 0.323. The molecular formula is C25H26N2O5. The van der Waals surface area contributed by atoms with Crippen molar-refractivity contribution in [3.8, 4) is 23.0 Å². The standard InChI is InChI=1S/C25H26N2O5/c1-3-18-15-32-24(27-18)17-5-7-19(8-6-17)30-11-4-12-31-20-9-10-23-21(13-20)22(14-26-23)16(2)25(28)29/h5-10,13-16,26H,3-4,11-12H2,1-2H3,(H,28,29). The van der Waals surface area contributed by atoms with Gasteiger partial charge in [0.2, 0.25) is 5.89 Å². The lowest BCUT2D eigenvalue weighted by molar-refractivity contribution is -0.138. The Bertz CT molecular complexity index is 1190. The minimum absolute atomic E-state index is 0.494. The van der Waals surface area contributed by atoms with Gasteiger partial charge in [0, 0.05) is 29.1 Å². The van der Waals surface area contributed by atoms with Crippen LogP contribution in [0.5, 0.6) is 11.5 Å². The second kappa shape index (κ2) is 9.60. The molecule has 0 aliphatic carbocycles. The van der Waals surface area contributed by atoms with Gasteiger partial charge in [-0.15, -0.1) is 0 Å². The summed E-state index contributed by atoms with van der Waals surface area (Å²) >= 11 is 0. The summed E-state index contributed by atoms with van der Waals surface area (Å²) in [6.07, 6.45) is 4.98. The number of carboxylic acids is 1. The van der Waals surface area contributed by atoms with Crippen molar-refractivity contribution in [1.29, 1.82) is 0 Å². The van der Waals surface area contributed by atoms with Crippen LogP contribution < -0.4 is 9.47 Å². The molecule has 166 valence electrons. The number of ether oxygens (including phenoxy) is 2. The van der Waals surface area contributed by atoms with Crippen molar-refractivity contribution in [1.82, 2.24) is 9.97 Å². The van der Waals surface area contributed by atoms with Gasteiger partial charge in [0.1, 0.15) is 17.8 Å². The van der Waals surface area contributed by atoms with Crippen LogP contribution in [-0.2, 0) is 11.2 Å². The number of aliphatic carboxylic acids is 1. The normalized spacial score (nSPS) is 12.1. The van der Waals surface area contributed by atoms with Crippen molar-refractivity contribution < 1.29 is 23.8 Å². The van der Waals surface area contributed by atoms with Crippen LogP contribution >= 0.6 is 0 Å². The molecule has 0 saturated carbocycles. The number of carbonyl (C=O) groups is 1. The highest BCUT2D eigenvalue weighted by molar-refractivity contribution is 5.90. The fourth-order valence-electron chi connectivity index (χ4n) is 3.44. The molecule has 2 aromatic carbocycles. The summed E-state index contributed by atoms with van der Waals surface area (Å²) in [5.74, 6) is 0.654. The Balaban J connectivity index is 1.27. The molecule has 0 saturated heterocycles. The SMILES string of the molecule is CCc1coc(-c2ccc(OCCCOc3ccc4[nH]cc(C(C)C(=O)O)c4c3)cc2)n1. The lowest BCUT2D eigenvalue weighted by Gasteiger charge is -2.09. The molecule has 0 bridgehead atoms. The number of benzene rings is 2. The summed E-state index contributed by atoms with van der Waals surface area (Å²) < 4.78 is 17.1. The Morgan fingerprint density at radius 2 is 1.84 bits per heavy atom. The number of aromatic amines is 1. The topological polar surface area (TPSA) is 97.6 Å². The molecule has 7 nitrogen and oxygen atoms in total. The van der Waals surface area contributed by atoms with Crippen molar-refractivity contribution >= 4 is 16.9 Å². The molecule has 2 aromatic heterocycles. The number of oxazole rings is 1. The molecule has 0 radical (unpaired) electrons. The highest BCUT2D eigenvalue weighted by Gasteiger charge is 2.18. The summed E-state index contributed by atoms with van der Waals surface area (Å²) in [7, 11) is 0.